The van der Waals surface area contributed by atoms with Crippen LogP contribution in [0.1, 0.15) is 37.8 Å². The van der Waals surface area contributed by atoms with E-state index in [0.717, 1.165) is 31.5 Å². The molecule has 104 valence electrons. The van der Waals surface area contributed by atoms with E-state index in [-0.39, 0.29) is 17.8 Å². The lowest BCUT2D eigenvalue weighted by Crippen LogP contribution is -2.31. The summed E-state index contributed by atoms with van der Waals surface area (Å²) in [6, 6.07) is 1.46. The summed E-state index contributed by atoms with van der Waals surface area (Å²) in [4.78, 5) is 17.6. The Balaban J connectivity index is 1.74. The molecule has 1 aliphatic rings. The molecule has 0 aliphatic carbocycles. The predicted octanol–water partition coefficient (Wildman–Crippen LogP) is 1.88. The summed E-state index contributed by atoms with van der Waals surface area (Å²) in [6.45, 7) is 4.33. The molecule has 0 saturated carbocycles. The van der Waals surface area contributed by atoms with Gasteiger partial charge in [0.1, 0.15) is 5.82 Å². The van der Waals surface area contributed by atoms with Crippen molar-refractivity contribution in [3.8, 4) is 0 Å². The van der Waals surface area contributed by atoms with E-state index >= 15 is 0 Å². The maximum absolute atomic E-state index is 13.0. The number of amides is 1. The number of carbonyl (C=O) groups is 1. The topological polar surface area (TPSA) is 45.2 Å². The van der Waals surface area contributed by atoms with Crippen LogP contribution < -0.4 is 5.32 Å². The molecule has 1 amide bonds. The summed E-state index contributed by atoms with van der Waals surface area (Å²) >= 11 is 0. The van der Waals surface area contributed by atoms with Crippen LogP contribution in [0.5, 0.6) is 0 Å². The van der Waals surface area contributed by atoms with Crippen LogP contribution >= 0.6 is 0 Å². The van der Waals surface area contributed by atoms with Gasteiger partial charge >= 0.3 is 0 Å². The highest BCUT2D eigenvalue weighted by molar-refractivity contribution is 5.76. The average Bonchev–Trinajstić information content (AvgIpc) is 2.92. The molecule has 1 unspecified atom stereocenters. The van der Waals surface area contributed by atoms with Crippen LogP contribution in [-0.2, 0) is 4.79 Å². The fraction of sp³-hybridized carbons (Fsp3) is 0.571. The number of nitrogens with zero attached hydrogens (tertiary/aromatic N) is 2. The van der Waals surface area contributed by atoms with E-state index in [9.17, 15) is 9.18 Å². The third-order valence-corrected chi connectivity index (χ3v) is 3.47. The van der Waals surface area contributed by atoms with Crippen molar-refractivity contribution in [2.45, 2.75) is 32.2 Å². The molecule has 1 fully saturated rings. The van der Waals surface area contributed by atoms with Gasteiger partial charge in [-0.25, -0.2) is 4.39 Å². The van der Waals surface area contributed by atoms with Gasteiger partial charge < -0.3 is 10.2 Å². The average molecular weight is 265 g/mol. The fourth-order valence-corrected chi connectivity index (χ4v) is 2.30. The zero-order valence-electron chi connectivity index (χ0n) is 11.2. The summed E-state index contributed by atoms with van der Waals surface area (Å²) in [5.41, 5.74) is 0.800. The minimum Gasteiger partial charge on any atom is -0.343 e. The highest BCUT2D eigenvalue weighted by Crippen LogP contribution is 2.12. The lowest BCUT2D eigenvalue weighted by Gasteiger charge is -2.17. The van der Waals surface area contributed by atoms with Crippen molar-refractivity contribution in [3.05, 3.63) is 29.8 Å². The SMILES string of the molecule is CC(NCCC(=O)N1CCCC1)c1cncc(F)c1. The summed E-state index contributed by atoms with van der Waals surface area (Å²) in [6.07, 6.45) is 5.55. The Morgan fingerprint density at radius 1 is 1.47 bits per heavy atom. The van der Waals surface area contributed by atoms with Crippen LogP contribution in [0.3, 0.4) is 0 Å². The second-order valence-corrected chi connectivity index (χ2v) is 4.95. The molecule has 0 radical (unpaired) electrons. The molecule has 5 heteroatoms. The van der Waals surface area contributed by atoms with Crippen molar-refractivity contribution in [2.24, 2.45) is 0 Å². The Labute approximate surface area is 113 Å². The second-order valence-electron chi connectivity index (χ2n) is 4.95. The van der Waals surface area contributed by atoms with Crippen molar-refractivity contribution in [2.75, 3.05) is 19.6 Å². The maximum atomic E-state index is 13.0. The van der Waals surface area contributed by atoms with Gasteiger partial charge in [-0.2, -0.15) is 0 Å². The molecule has 1 N–H and O–H groups in total. The molecule has 0 spiro atoms. The molecule has 1 aromatic heterocycles. The van der Waals surface area contributed by atoms with Gasteiger partial charge in [-0.05, 0) is 31.4 Å². The zero-order chi connectivity index (χ0) is 13.7. The Hall–Kier alpha value is -1.49. The number of rotatable bonds is 5. The van der Waals surface area contributed by atoms with E-state index in [2.05, 4.69) is 10.3 Å². The fourth-order valence-electron chi connectivity index (χ4n) is 2.30. The largest absolute Gasteiger partial charge is 0.343 e. The van der Waals surface area contributed by atoms with Crippen LogP contribution in [-0.4, -0.2) is 35.4 Å². The van der Waals surface area contributed by atoms with Gasteiger partial charge in [0, 0.05) is 38.3 Å². The molecule has 1 aliphatic heterocycles. The monoisotopic (exact) mass is 265 g/mol. The molecule has 1 aromatic rings. The van der Waals surface area contributed by atoms with Crippen LogP contribution in [0.25, 0.3) is 0 Å². The third-order valence-electron chi connectivity index (χ3n) is 3.47. The van der Waals surface area contributed by atoms with Crippen molar-refractivity contribution < 1.29 is 9.18 Å². The first-order valence-corrected chi connectivity index (χ1v) is 6.78. The van der Waals surface area contributed by atoms with Crippen molar-refractivity contribution in [1.82, 2.24) is 15.2 Å². The Morgan fingerprint density at radius 3 is 2.89 bits per heavy atom. The number of halogens is 1. The van der Waals surface area contributed by atoms with E-state index in [0.29, 0.717) is 13.0 Å². The van der Waals surface area contributed by atoms with Crippen LogP contribution in [0.2, 0.25) is 0 Å². The minimum absolute atomic E-state index is 0.00502. The zero-order valence-corrected chi connectivity index (χ0v) is 11.2. The predicted molar refractivity (Wildman–Crippen MR) is 71.0 cm³/mol. The number of aromatic nitrogens is 1. The van der Waals surface area contributed by atoms with E-state index in [1.54, 1.807) is 6.20 Å². The molecule has 2 rings (SSSR count). The highest BCUT2D eigenvalue weighted by Gasteiger charge is 2.17. The minimum atomic E-state index is -0.334. The number of pyridine rings is 1. The Bertz CT molecular complexity index is 432. The third kappa shape index (κ3) is 3.99. The van der Waals surface area contributed by atoms with Gasteiger partial charge in [-0.1, -0.05) is 0 Å². The molecule has 19 heavy (non-hydrogen) atoms. The lowest BCUT2D eigenvalue weighted by atomic mass is 10.1. The standard InChI is InChI=1S/C14H20FN3O/c1-11(12-8-13(15)10-16-9-12)17-5-4-14(19)18-6-2-3-7-18/h8-11,17H,2-7H2,1H3. The van der Waals surface area contributed by atoms with Gasteiger partial charge in [-0.15, -0.1) is 0 Å². The molecule has 0 aromatic carbocycles. The quantitative estimate of drug-likeness (QED) is 0.884. The molecule has 4 nitrogen and oxygen atoms in total. The van der Waals surface area contributed by atoms with Crippen molar-refractivity contribution >= 4 is 5.91 Å². The van der Waals surface area contributed by atoms with Gasteiger partial charge in [-0.3, -0.25) is 9.78 Å². The number of nitrogens with one attached hydrogen (secondary N) is 1. The molecule has 2 heterocycles. The van der Waals surface area contributed by atoms with E-state index in [1.807, 2.05) is 11.8 Å². The molecule has 0 bridgehead atoms. The number of hydrogen-bond acceptors (Lipinski definition) is 3. The van der Waals surface area contributed by atoms with Gasteiger partial charge in [0.05, 0.1) is 6.20 Å². The smallest absolute Gasteiger partial charge is 0.223 e. The molecule has 1 atom stereocenters. The summed E-state index contributed by atoms with van der Waals surface area (Å²) in [5, 5.41) is 3.23. The van der Waals surface area contributed by atoms with Gasteiger partial charge in [0.15, 0.2) is 0 Å². The van der Waals surface area contributed by atoms with E-state index in [4.69, 9.17) is 0 Å². The summed E-state index contributed by atoms with van der Waals surface area (Å²) < 4.78 is 13.0. The number of hydrogen-bond donors (Lipinski definition) is 1. The summed E-state index contributed by atoms with van der Waals surface area (Å²) in [7, 11) is 0. The van der Waals surface area contributed by atoms with Gasteiger partial charge in [0.25, 0.3) is 0 Å². The van der Waals surface area contributed by atoms with E-state index in [1.165, 1.54) is 12.3 Å². The van der Waals surface area contributed by atoms with Crippen molar-refractivity contribution in [1.29, 1.82) is 0 Å². The van der Waals surface area contributed by atoms with E-state index < -0.39 is 0 Å². The molecular weight excluding hydrogens is 245 g/mol. The lowest BCUT2D eigenvalue weighted by molar-refractivity contribution is -0.130. The number of carbonyl (C=O) groups excluding carboxylic acids is 1. The normalized spacial score (nSPS) is 16.6. The Kier molecular flexibility index (Phi) is 4.85. The first kappa shape index (κ1) is 13.9. The first-order valence-electron chi connectivity index (χ1n) is 6.78. The van der Waals surface area contributed by atoms with Gasteiger partial charge in [0.2, 0.25) is 5.91 Å². The van der Waals surface area contributed by atoms with Crippen LogP contribution in [0.4, 0.5) is 4.39 Å². The Morgan fingerprint density at radius 2 is 2.21 bits per heavy atom. The number of likely N-dealkylation sites (tertiary alicyclic amines) is 1. The van der Waals surface area contributed by atoms with Crippen molar-refractivity contribution in [3.63, 3.8) is 0 Å². The first-order chi connectivity index (χ1) is 9.16. The summed E-state index contributed by atoms with van der Waals surface area (Å²) in [5.74, 6) is -0.131. The second kappa shape index (κ2) is 6.61. The highest BCUT2D eigenvalue weighted by atomic mass is 19.1. The molecular formula is C14H20FN3O. The van der Waals surface area contributed by atoms with Crippen LogP contribution in [0, 0.1) is 5.82 Å². The maximum Gasteiger partial charge on any atom is 0.223 e. The molecule has 1 saturated heterocycles. The van der Waals surface area contributed by atoms with Crippen LogP contribution in [0.15, 0.2) is 18.5 Å².